The summed E-state index contributed by atoms with van der Waals surface area (Å²) in [7, 11) is 0. The molecule has 0 aliphatic rings. The van der Waals surface area contributed by atoms with Gasteiger partial charge in [-0.15, -0.1) is 0 Å². The topological polar surface area (TPSA) is 91.2 Å². The largest absolute Gasteiger partial charge is 0.484 e. The molecule has 2 aromatic carbocycles. The molecule has 6 heteroatoms. The Balaban J connectivity index is 1.93. The second-order valence-electron chi connectivity index (χ2n) is 5.85. The quantitative estimate of drug-likeness (QED) is 0.802. The minimum absolute atomic E-state index is 0.113. The van der Waals surface area contributed by atoms with Crippen LogP contribution in [0, 0.1) is 25.2 Å². The van der Waals surface area contributed by atoms with Crippen LogP contribution in [0.25, 0.3) is 0 Å². The minimum atomic E-state index is -0.355. The first-order valence-electron chi connectivity index (χ1n) is 8.21. The van der Waals surface area contributed by atoms with E-state index in [1.54, 1.807) is 24.3 Å². The van der Waals surface area contributed by atoms with E-state index in [0.29, 0.717) is 11.4 Å². The Kier molecular flexibility index (Phi) is 6.75. The maximum Gasteiger partial charge on any atom is 0.262 e. The Morgan fingerprint density at radius 1 is 1.08 bits per heavy atom. The Morgan fingerprint density at radius 3 is 2.58 bits per heavy atom. The first-order valence-corrected chi connectivity index (χ1v) is 8.21. The average molecular weight is 351 g/mol. The van der Waals surface area contributed by atoms with Gasteiger partial charge in [0.2, 0.25) is 5.91 Å². The summed E-state index contributed by atoms with van der Waals surface area (Å²) in [5.41, 5.74) is 3.60. The summed E-state index contributed by atoms with van der Waals surface area (Å²) in [5.74, 6) is -0.00830. The number of benzene rings is 2. The van der Waals surface area contributed by atoms with Crippen molar-refractivity contribution >= 4 is 17.5 Å². The van der Waals surface area contributed by atoms with Gasteiger partial charge in [0.1, 0.15) is 12.2 Å². The van der Waals surface area contributed by atoms with Gasteiger partial charge in [-0.1, -0.05) is 24.3 Å². The number of ether oxygens (including phenoxy) is 1. The zero-order chi connectivity index (χ0) is 18.9. The van der Waals surface area contributed by atoms with Gasteiger partial charge >= 0.3 is 0 Å². The third kappa shape index (κ3) is 5.64. The number of nitriles is 1. The molecule has 26 heavy (non-hydrogen) atoms. The second-order valence-corrected chi connectivity index (χ2v) is 5.85. The van der Waals surface area contributed by atoms with E-state index in [0.717, 1.165) is 16.7 Å². The van der Waals surface area contributed by atoms with Crippen molar-refractivity contribution in [2.75, 3.05) is 11.9 Å². The van der Waals surface area contributed by atoms with Crippen LogP contribution >= 0.6 is 0 Å². The van der Waals surface area contributed by atoms with Crippen LogP contribution in [0.5, 0.6) is 5.75 Å². The van der Waals surface area contributed by atoms with Crippen LogP contribution < -0.4 is 15.4 Å². The van der Waals surface area contributed by atoms with E-state index >= 15 is 0 Å². The molecule has 134 valence electrons. The van der Waals surface area contributed by atoms with E-state index in [9.17, 15) is 9.59 Å². The van der Waals surface area contributed by atoms with E-state index in [1.165, 1.54) is 0 Å². The molecule has 0 aliphatic carbocycles. The summed E-state index contributed by atoms with van der Waals surface area (Å²) < 4.78 is 5.53. The van der Waals surface area contributed by atoms with Gasteiger partial charge in [-0.2, -0.15) is 5.26 Å². The maximum atomic E-state index is 12.2. The number of rotatable bonds is 7. The Bertz CT molecular complexity index is 840. The normalized spacial score (nSPS) is 9.88. The van der Waals surface area contributed by atoms with Crippen LogP contribution in [0.4, 0.5) is 5.69 Å². The van der Waals surface area contributed by atoms with Gasteiger partial charge in [0.25, 0.3) is 5.91 Å². The Hall–Kier alpha value is -3.33. The first-order chi connectivity index (χ1) is 12.5. The van der Waals surface area contributed by atoms with E-state index < -0.39 is 0 Å². The second kappa shape index (κ2) is 9.23. The molecule has 0 spiro atoms. The third-order valence-corrected chi connectivity index (χ3v) is 3.86. The molecule has 0 unspecified atom stereocenters. The van der Waals surface area contributed by atoms with Crippen molar-refractivity contribution in [3.8, 4) is 11.8 Å². The zero-order valence-corrected chi connectivity index (χ0v) is 14.8. The molecule has 0 radical (unpaired) electrons. The molecule has 0 saturated carbocycles. The number of nitrogens with one attached hydrogen (secondary N) is 2. The highest BCUT2D eigenvalue weighted by Crippen LogP contribution is 2.17. The number of anilines is 1. The van der Waals surface area contributed by atoms with Crippen LogP contribution in [0.3, 0.4) is 0 Å². The number of carbonyl (C=O) groups is 2. The number of para-hydroxylation sites is 1. The van der Waals surface area contributed by atoms with Crippen molar-refractivity contribution in [3.05, 3.63) is 59.2 Å². The summed E-state index contributed by atoms with van der Waals surface area (Å²) in [4.78, 5) is 23.6. The molecule has 0 aliphatic heterocycles. The molecule has 2 aromatic rings. The summed E-state index contributed by atoms with van der Waals surface area (Å²) in [6.45, 7) is 4.11. The molecular formula is C20H21N3O3. The van der Waals surface area contributed by atoms with Crippen LogP contribution in [0.2, 0.25) is 0 Å². The predicted octanol–water partition coefficient (Wildman–Crippen LogP) is 2.85. The van der Waals surface area contributed by atoms with Gasteiger partial charge in [-0.25, -0.2) is 0 Å². The lowest BCUT2D eigenvalue weighted by atomic mass is 10.1. The van der Waals surface area contributed by atoms with Crippen molar-refractivity contribution in [1.29, 1.82) is 5.26 Å². The molecule has 0 heterocycles. The molecule has 0 saturated heterocycles. The van der Waals surface area contributed by atoms with E-state index in [4.69, 9.17) is 10.00 Å². The van der Waals surface area contributed by atoms with Gasteiger partial charge in [-0.05, 0) is 48.7 Å². The zero-order valence-electron chi connectivity index (χ0n) is 14.8. The highest BCUT2D eigenvalue weighted by Gasteiger charge is 2.09. The molecule has 0 aromatic heterocycles. The van der Waals surface area contributed by atoms with Crippen LogP contribution in [0.1, 0.15) is 23.1 Å². The number of aryl methyl sites for hydroxylation is 2. The lowest BCUT2D eigenvalue weighted by Gasteiger charge is -2.12. The summed E-state index contributed by atoms with van der Waals surface area (Å²) in [6.07, 6.45) is -0.196. The van der Waals surface area contributed by atoms with Crippen LogP contribution in [-0.2, 0) is 16.1 Å². The van der Waals surface area contributed by atoms with Crippen LogP contribution in [0.15, 0.2) is 42.5 Å². The Labute approximate surface area is 152 Å². The average Bonchev–Trinajstić information content (AvgIpc) is 2.62. The molecule has 0 atom stereocenters. The van der Waals surface area contributed by atoms with Crippen molar-refractivity contribution in [1.82, 2.24) is 5.32 Å². The third-order valence-electron chi connectivity index (χ3n) is 3.86. The predicted molar refractivity (Wildman–Crippen MR) is 98.6 cm³/mol. The number of nitrogens with zero attached hydrogens (tertiary/aromatic N) is 1. The smallest absolute Gasteiger partial charge is 0.262 e. The van der Waals surface area contributed by atoms with Crippen LogP contribution in [-0.4, -0.2) is 18.4 Å². The highest BCUT2D eigenvalue weighted by atomic mass is 16.5. The van der Waals surface area contributed by atoms with Gasteiger partial charge in [0.05, 0.1) is 6.07 Å². The van der Waals surface area contributed by atoms with Gasteiger partial charge < -0.3 is 15.4 Å². The first kappa shape index (κ1) is 19.0. The molecule has 2 N–H and O–H groups in total. The van der Waals surface area contributed by atoms with Crippen molar-refractivity contribution < 1.29 is 14.3 Å². The van der Waals surface area contributed by atoms with Gasteiger partial charge in [0.15, 0.2) is 6.61 Å². The molecule has 2 rings (SSSR count). The fourth-order valence-electron chi connectivity index (χ4n) is 2.26. The standard InChI is InChI=1S/C20H21N3O3/c1-14-7-8-17(11-15(14)2)26-13-20(25)23-18-6-4-3-5-16(18)12-22-19(24)9-10-21/h3-8,11H,9,12-13H2,1-2H3,(H,22,24)(H,23,25). The summed E-state index contributed by atoms with van der Waals surface area (Å²) in [5, 5.41) is 13.9. The summed E-state index contributed by atoms with van der Waals surface area (Å²) >= 11 is 0. The number of hydrogen-bond acceptors (Lipinski definition) is 4. The van der Waals surface area contributed by atoms with Gasteiger partial charge in [0, 0.05) is 12.2 Å². The fraction of sp³-hybridized carbons (Fsp3) is 0.250. The Morgan fingerprint density at radius 2 is 1.85 bits per heavy atom. The molecule has 2 amide bonds. The SMILES string of the molecule is Cc1ccc(OCC(=O)Nc2ccccc2CNC(=O)CC#N)cc1C. The number of amides is 2. The monoisotopic (exact) mass is 351 g/mol. The van der Waals surface area contributed by atoms with Crippen molar-refractivity contribution in [3.63, 3.8) is 0 Å². The molecule has 6 nitrogen and oxygen atoms in total. The van der Waals surface area contributed by atoms with Crippen molar-refractivity contribution in [2.24, 2.45) is 0 Å². The molecular weight excluding hydrogens is 330 g/mol. The lowest BCUT2D eigenvalue weighted by Crippen LogP contribution is -2.24. The number of carbonyl (C=O) groups excluding carboxylic acids is 2. The maximum absolute atomic E-state index is 12.2. The highest BCUT2D eigenvalue weighted by molar-refractivity contribution is 5.92. The van der Waals surface area contributed by atoms with E-state index in [2.05, 4.69) is 10.6 Å². The van der Waals surface area contributed by atoms with Crippen molar-refractivity contribution in [2.45, 2.75) is 26.8 Å². The fourth-order valence-corrected chi connectivity index (χ4v) is 2.26. The number of hydrogen-bond donors (Lipinski definition) is 2. The van der Waals surface area contributed by atoms with E-state index in [1.807, 2.05) is 38.1 Å². The molecule has 0 fully saturated rings. The minimum Gasteiger partial charge on any atom is -0.484 e. The lowest BCUT2D eigenvalue weighted by molar-refractivity contribution is -0.120. The molecule has 0 bridgehead atoms. The summed E-state index contributed by atoms with van der Waals surface area (Å²) in [6, 6.07) is 14.6. The van der Waals surface area contributed by atoms with Gasteiger partial charge in [-0.3, -0.25) is 9.59 Å². The van der Waals surface area contributed by atoms with E-state index in [-0.39, 0.29) is 31.4 Å².